The van der Waals surface area contributed by atoms with Crippen molar-refractivity contribution < 1.29 is 18.3 Å². The van der Waals surface area contributed by atoms with E-state index in [1.807, 2.05) is 6.92 Å². The molecule has 0 radical (unpaired) electrons. The van der Waals surface area contributed by atoms with Gasteiger partial charge in [0, 0.05) is 12.8 Å². The second-order valence-corrected chi connectivity index (χ2v) is 3.29. The Morgan fingerprint density at radius 2 is 2.14 bits per heavy atom. The molecule has 0 aromatic rings. The first-order valence-corrected chi connectivity index (χ1v) is 4.64. The van der Waals surface area contributed by atoms with E-state index in [2.05, 4.69) is 4.74 Å². The Bertz CT molecular complexity index is 186. The third-order valence-electron chi connectivity index (χ3n) is 1.92. The van der Waals surface area contributed by atoms with Crippen LogP contribution in [0.15, 0.2) is 0 Å². The van der Waals surface area contributed by atoms with Crippen LogP contribution in [0.5, 0.6) is 0 Å². The van der Waals surface area contributed by atoms with Crippen LogP contribution in [0.25, 0.3) is 0 Å². The van der Waals surface area contributed by atoms with Crippen molar-refractivity contribution in [3.63, 3.8) is 0 Å². The normalized spacial score (nSPS) is 13.8. The highest BCUT2D eigenvalue weighted by Crippen LogP contribution is 2.26. The number of unbranched alkanes of at least 4 members (excludes halogenated alkanes) is 1. The number of hydrogen-bond donors (Lipinski definition) is 1. The lowest BCUT2D eigenvalue weighted by Crippen LogP contribution is -2.37. The van der Waals surface area contributed by atoms with Gasteiger partial charge in [-0.05, 0) is 6.42 Å². The summed E-state index contributed by atoms with van der Waals surface area (Å²) < 4.78 is 30.4. The molecule has 0 aliphatic heterocycles. The molecule has 5 heteroatoms. The molecule has 0 aliphatic carbocycles. The van der Waals surface area contributed by atoms with Crippen LogP contribution < -0.4 is 5.73 Å². The van der Waals surface area contributed by atoms with Crippen LogP contribution in [0.3, 0.4) is 0 Å². The summed E-state index contributed by atoms with van der Waals surface area (Å²) in [5, 5.41) is 0. The number of alkyl halides is 2. The summed E-state index contributed by atoms with van der Waals surface area (Å²) in [6.45, 7) is 1.83. The molecule has 0 aromatic carbocycles. The summed E-state index contributed by atoms with van der Waals surface area (Å²) in [6, 6.07) is -1.23. The molecule has 2 N–H and O–H groups in total. The molecule has 0 spiro atoms. The monoisotopic (exact) mass is 209 g/mol. The van der Waals surface area contributed by atoms with Crippen LogP contribution in [0, 0.1) is 0 Å². The molecule has 0 saturated carbocycles. The smallest absolute Gasteiger partial charge is 0.322 e. The zero-order valence-electron chi connectivity index (χ0n) is 8.56. The molecule has 0 amide bonds. The maximum atomic E-state index is 13.1. The van der Waals surface area contributed by atoms with Gasteiger partial charge in [0.15, 0.2) is 0 Å². The van der Waals surface area contributed by atoms with Crippen LogP contribution in [-0.2, 0) is 9.53 Å². The van der Waals surface area contributed by atoms with E-state index in [9.17, 15) is 13.6 Å². The number of carbonyl (C=O) groups excluding carboxylic acids is 1. The summed E-state index contributed by atoms with van der Waals surface area (Å²) in [6.07, 6.45) is 0.262. The van der Waals surface area contributed by atoms with Crippen molar-refractivity contribution in [1.82, 2.24) is 0 Å². The van der Waals surface area contributed by atoms with Gasteiger partial charge in [0.05, 0.1) is 7.11 Å². The van der Waals surface area contributed by atoms with Gasteiger partial charge in [-0.15, -0.1) is 0 Å². The van der Waals surface area contributed by atoms with Crippen molar-refractivity contribution in [2.75, 3.05) is 7.11 Å². The summed E-state index contributed by atoms with van der Waals surface area (Å²) in [5.74, 6) is -3.66. The number of carbonyl (C=O) groups is 1. The Labute approximate surface area is 82.6 Å². The summed E-state index contributed by atoms with van der Waals surface area (Å²) in [7, 11) is 1.13. The van der Waals surface area contributed by atoms with Gasteiger partial charge in [-0.2, -0.15) is 0 Å². The van der Waals surface area contributed by atoms with Crippen molar-refractivity contribution in [3.05, 3.63) is 0 Å². The van der Waals surface area contributed by atoms with Gasteiger partial charge >= 0.3 is 5.97 Å². The maximum absolute atomic E-state index is 13.1. The van der Waals surface area contributed by atoms with Crippen molar-refractivity contribution in [3.8, 4) is 0 Å². The van der Waals surface area contributed by atoms with Gasteiger partial charge in [-0.3, -0.25) is 4.79 Å². The second kappa shape index (κ2) is 5.90. The molecule has 0 saturated heterocycles. The summed E-state index contributed by atoms with van der Waals surface area (Å²) >= 11 is 0. The van der Waals surface area contributed by atoms with E-state index in [1.165, 1.54) is 0 Å². The van der Waals surface area contributed by atoms with Gasteiger partial charge in [-0.25, -0.2) is 8.78 Å². The van der Waals surface area contributed by atoms with Gasteiger partial charge in [0.2, 0.25) is 5.92 Å². The van der Waals surface area contributed by atoms with Crippen molar-refractivity contribution >= 4 is 5.97 Å². The molecular formula is C9H17F2NO2. The molecule has 0 heterocycles. The summed E-state index contributed by atoms with van der Waals surface area (Å²) in [4.78, 5) is 10.8. The topological polar surface area (TPSA) is 52.3 Å². The molecule has 0 unspecified atom stereocenters. The van der Waals surface area contributed by atoms with Crippen LogP contribution in [0.2, 0.25) is 0 Å². The van der Waals surface area contributed by atoms with E-state index in [4.69, 9.17) is 5.73 Å². The zero-order valence-corrected chi connectivity index (χ0v) is 8.56. The van der Waals surface area contributed by atoms with Crippen molar-refractivity contribution in [2.45, 2.75) is 44.6 Å². The minimum absolute atomic E-state index is 0.228. The second-order valence-electron chi connectivity index (χ2n) is 3.29. The molecule has 0 rings (SSSR count). The molecule has 1 atom stereocenters. The SMILES string of the molecule is CCCCC(F)(F)C[C@H](N)C(=O)OC. The number of ether oxygens (including phenoxy) is 1. The number of esters is 1. The lowest BCUT2D eigenvalue weighted by Gasteiger charge is -2.18. The number of hydrogen-bond acceptors (Lipinski definition) is 3. The third kappa shape index (κ3) is 5.11. The molecule has 84 valence electrons. The fourth-order valence-corrected chi connectivity index (χ4v) is 1.09. The minimum atomic E-state index is -2.87. The Morgan fingerprint density at radius 1 is 1.57 bits per heavy atom. The minimum Gasteiger partial charge on any atom is -0.468 e. The van der Waals surface area contributed by atoms with E-state index in [0.29, 0.717) is 12.8 Å². The standard InChI is InChI=1S/C9H17F2NO2/c1-3-4-5-9(10,11)6-7(12)8(13)14-2/h7H,3-6,12H2,1-2H3/t7-/m0/s1. The van der Waals surface area contributed by atoms with E-state index >= 15 is 0 Å². The molecule has 0 aliphatic rings. The molecule has 14 heavy (non-hydrogen) atoms. The van der Waals surface area contributed by atoms with Gasteiger partial charge in [-0.1, -0.05) is 13.3 Å². The number of halogens is 2. The van der Waals surface area contributed by atoms with Crippen LogP contribution in [0.1, 0.15) is 32.6 Å². The third-order valence-corrected chi connectivity index (χ3v) is 1.92. The Kier molecular flexibility index (Phi) is 5.60. The lowest BCUT2D eigenvalue weighted by molar-refractivity contribution is -0.145. The van der Waals surface area contributed by atoms with Crippen LogP contribution in [-0.4, -0.2) is 25.0 Å². The first kappa shape index (κ1) is 13.3. The van der Waals surface area contributed by atoms with Crippen LogP contribution >= 0.6 is 0 Å². The Morgan fingerprint density at radius 3 is 2.57 bits per heavy atom. The van der Waals surface area contributed by atoms with Crippen molar-refractivity contribution in [1.29, 1.82) is 0 Å². The van der Waals surface area contributed by atoms with E-state index in [-0.39, 0.29) is 6.42 Å². The van der Waals surface area contributed by atoms with Gasteiger partial charge < -0.3 is 10.5 Å². The number of nitrogens with two attached hydrogens (primary N) is 1. The molecule has 0 aromatic heterocycles. The first-order valence-electron chi connectivity index (χ1n) is 4.64. The lowest BCUT2D eigenvalue weighted by atomic mass is 10.0. The number of rotatable bonds is 6. The maximum Gasteiger partial charge on any atom is 0.322 e. The average Bonchev–Trinajstić information content (AvgIpc) is 2.12. The largest absolute Gasteiger partial charge is 0.468 e. The predicted octanol–water partition coefficient (Wildman–Crippen LogP) is 1.70. The molecule has 0 fully saturated rings. The average molecular weight is 209 g/mol. The quantitative estimate of drug-likeness (QED) is 0.677. The number of methoxy groups -OCH3 is 1. The fraction of sp³-hybridized carbons (Fsp3) is 0.889. The highest BCUT2D eigenvalue weighted by Gasteiger charge is 2.33. The molecule has 3 nitrogen and oxygen atoms in total. The first-order chi connectivity index (χ1) is 6.43. The van der Waals surface area contributed by atoms with Crippen LogP contribution in [0.4, 0.5) is 8.78 Å². The van der Waals surface area contributed by atoms with Gasteiger partial charge in [0.25, 0.3) is 0 Å². The van der Waals surface area contributed by atoms with Gasteiger partial charge in [0.1, 0.15) is 6.04 Å². The Hall–Kier alpha value is -0.710. The zero-order chi connectivity index (χ0) is 11.2. The van der Waals surface area contributed by atoms with E-state index in [0.717, 1.165) is 7.11 Å². The highest BCUT2D eigenvalue weighted by molar-refractivity contribution is 5.75. The van der Waals surface area contributed by atoms with E-state index in [1.54, 1.807) is 0 Å². The summed E-state index contributed by atoms with van der Waals surface area (Å²) in [5.41, 5.74) is 5.23. The van der Waals surface area contributed by atoms with Crippen molar-refractivity contribution in [2.24, 2.45) is 5.73 Å². The van der Waals surface area contributed by atoms with E-state index < -0.39 is 24.4 Å². The molecule has 0 bridgehead atoms. The predicted molar refractivity (Wildman–Crippen MR) is 49.1 cm³/mol. The highest BCUT2D eigenvalue weighted by atomic mass is 19.3. The fourth-order valence-electron chi connectivity index (χ4n) is 1.09. The molecular weight excluding hydrogens is 192 g/mol. The Balaban J connectivity index is 4.00.